The van der Waals surface area contributed by atoms with Gasteiger partial charge in [-0.2, -0.15) is 0 Å². The van der Waals surface area contributed by atoms with Gasteiger partial charge in [0.15, 0.2) is 0 Å². The lowest BCUT2D eigenvalue weighted by Gasteiger charge is -2.37. The van der Waals surface area contributed by atoms with E-state index in [9.17, 15) is 0 Å². The Morgan fingerprint density at radius 3 is 2.36 bits per heavy atom. The molecule has 2 heteroatoms. The first-order valence-corrected chi connectivity index (χ1v) is 6.05. The van der Waals surface area contributed by atoms with E-state index < -0.39 is 0 Å². The highest BCUT2D eigenvalue weighted by Gasteiger charge is 2.46. The summed E-state index contributed by atoms with van der Waals surface area (Å²) in [6.45, 7) is 5.92. The van der Waals surface area contributed by atoms with Crippen LogP contribution in [0.2, 0.25) is 0 Å². The Morgan fingerprint density at radius 1 is 1.29 bits per heavy atom. The Bertz CT molecular complexity index is 181. The average molecular weight is 197 g/mol. The van der Waals surface area contributed by atoms with Crippen molar-refractivity contribution in [3.05, 3.63) is 0 Å². The molecule has 0 aromatic carbocycles. The van der Waals surface area contributed by atoms with Gasteiger partial charge in [-0.3, -0.25) is 4.90 Å². The number of hydrogen-bond acceptors (Lipinski definition) is 2. The number of nitrogens with zero attached hydrogens (tertiary/aromatic N) is 1. The first-order chi connectivity index (χ1) is 6.80. The highest BCUT2D eigenvalue weighted by atomic mass is 16.5. The molecule has 0 atom stereocenters. The van der Waals surface area contributed by atoms with Gasteiger partial charge in [-0.25, -0.2) is 0 Å². The molecule has 0 amide bonds. The Labute approximate surface area is 87.6 Å². The Morgan fingerprint density at radius 2 is 1.93 bits per heavy atom. The minimum atomic E-state index is 0.637. The fourth-order valence-electron chi connectivity index (χ4n) is 2.85. The third kappa shape index (κ3) is 1.96. The van der Waals surface area contributed by atoms with Gasteiger partial charge in [0, 0.05) is 19.3 Å². The van der Waals surface area contributed by atoms with Crippen LogP contribution in [0.15, 0.2) is 0 Å². The standard InChI is InChI=1S/C12H23NO/c1-3-12(6-7-12)13-8-4-11(5-9-13)10-14-2/h11H,3-10H2,1-2H3. The van der Waals surface area contributed by atoms with Crippen LogP contribution >= 0.6 is 0 Å². The molecule has 2 rings (SSSR count). The van der Waals surface area contributed by atoms with Gasteiger partial charge in [0.1, 0.15) is 0 Å². The van der Waals surface area contributed by atoms with Crippen LogP contribution in [0, 0.1) is 5.92 Å². The average Bonchev–Trinajstić information content (AvgIpc) is 3.00. The summed E-state index contributed by atoms with van der Waals surface area (Å²) >= 11 is 0. The lowest BCUT2D eigenvalue weighted by Crippen LogP contribution is -2.43. The van der Waals surface area contributed by atoms with Crippen molar-refractivity contribution in [2.45, 2.75) is 44.6 Å². The van der Waals surface area contributed by atoms with Gasteiger partial charge >= 0.3 is 0 Å². The van der Waals surface area contributed by atoms with E-state index in [1.54, 1.807) is 0 Å². The number of methoxy groups -OCH3 is 1. The molecule has 1 aliphatic carbocycles. The van der Waals surface area contributed by atoms with Gasteiger partial charge in [0.2, 0.25) is 0 Å². The van der Waals surface area contributed by atoms with Gasteiger partial charge in [-0.15, -0.1) is 0 Å². The monoisotopic (exact) mass is 197 g/mol. The zero-order valence-electron chi connectivity index (χ0n) is 9.59. The van der Waals surface area contributed by atoms with Crippen molar-refractivity contribution in [2.75, 3.05) is 26.8 Å². The molecule has 0 N–H and O–H groups in total. The molecular weight excluding hydrogens is 174 g/mol. The number of rotatable bonds is 4. The Kier molecular flexibility index (Phi) is 3.13. The number of hydrogen-bond donors (Lipinski definition) is 0. The summed E-state index contributed by atoms with van der Waals surface area (Å²) in [7, 11) is 1.82. The number of ether oxygens (including phenoxy) is 1. The van der Waals surface area contributed by atoms with E-state index >= 15 is 0 Å². The first kappa shape index (κ1) is 10.4. The lowest BCUT2D eigenvalue weighted by molar-refractivity contribution is 0.0706. The molecule has 14 heavy (non-hydrogen) atoms. The summed E-state index contributed by atoms with van der Waals surface area (Å²) < 4.78 is 5.23. The number of likely N-dealkylation sites (tertiary alicyclic amines) is 1. The van der Waals surface area contributed by atoms with E-state index in [0.717, 1.165) is 12.5 Å². The van der Waals surface area contributed by atoms with Crippen molar-refractivity contribution in [2.24, 2.45) is 5.92 Å². The Balaban J connectivity index is 1.78. The summed E-state index contributed by atoms with van der Waals surface area (Å²) in [5.74, 6) is 0.823. The van der Waals surface area contributed by atoms with Crippen LogP contribution in [-0.2, 0) is 4.74 Å². The highest BCUT2D eigenvalue weighted by Crippen LogP contribution is 2.45. The second kappa shape index (κ2) is 4.19. The maximum Gasteiger partial charge on any atom is 0.0491 e. The minimum Gasteiger partial charge on any atom is -0.384 e. The second-order valence-electron chi connectivity index (χ2n) is 4.96. The molecule has 2 aliphatic rings. The molecule has 0 spiro atoms. The third-order valence-electron chi connectivity index (χ3n) is 4.17. The molecule has 82 valence electrons. The zero-order valence-corrected chi connectivity index (χ0v) is 9.59. The van der Waals surface area contributed by atoms with Crippen molar-refractivity contribution in [3.63, 3.8) is 0 Å². The summed E-state index contributed by atoms with van der Waals surface area (Å²) in [4.78, 5) is 2.74. The molecular formula is C12H23NO. The predicted octanol–water partition coefficient (Wildman–Crippen LogP) is 2.29. The zero-order chi connectivity index (χ0) is 10.0. The van der Waals surface area contributed by atoms with Crippen molar-refractivity contribution >= 4 is 0 Å². The smallest absolute Gasteiger partial charge is 0.0491 e. The normalized spacial score (nSPS) is 27.9. The summed E-state index contributed by atoms with van der Waals surface area (Å²) in [5.41, 5.74) is 0.637. The van der Waals surface area contributed by atoms with E-state index in [1.807, 2.05) is 7.11 Å². The molecule has 0 aromatic heterocycles. The van der Waals surface area contributed by atoms with Crippen molar-refractivity contribution < 1.29 is 4.74 Å². The van der Waals surface area contributed by atoms with E-state index in [2.05, 4.69) is 11.8 Å². The van der Waals surface area contributed by atoms with E-state index in [-0.39, 0.29) is 0 Å². The molecule has 1 heterocycles. The molecule has 0 unspecified atom stereocenters. The van der Waals surface area contributed by atoms with Gasteiger partial charge in [-0.1, -0.05) is 6.92 Å². The SMILES string of the molecule is CCC1(N2CCC(COC)CC2)CC1. The van der Waals surface area contributed by atoms with Gasteiger partial charge in [-0.05, 0) is 51.1 Å². The van der Waals surface area contributed by atoms with Crippen molar-refractivity contribution in [1.82, 2.24) is 4.90 Å². The van der Waals surface area contributed by atoms with Crippen LogP contribution in [0.3, 0.4) is 0 Å². The number of piperidine rings is 1. The van der Waals surface area contributed by atoms with Crippen LogP contribution in [0.5, 0.6) is 0 Å². The molecule has 0 radical (unpaired) electrons. The molecule has 2 nitrogen and oxygen atoms in total. The fourth-order valence-corrected chi connectivity index (χ4v) is 2.85. The summed E-state index contributed by atoms with van der Waals surface area (Å²) in [6, 6.07) is 0. The van der Waals surface area contributed by atoms with Gasteiger partial charge in [0.05, 0.1) is 0 Å². The molecule has 2 fully saturated rings. The highest BCUT2D eigenvalue weighted by molar-refractivity contribution is 5.03. The predicted molar refractivity (Wildman–Crippen MR) is 58.4 cm³/mol. The van der Waals surface area contributed by atoms with E-state index in [1.165, 1.54) is 45.2 Å². The maximum absolute atomic E-state index is 5.23. The fraction of sp³-hybridized carbons (Fsp3) is 1.00. The largest absolute Gasteiger partial charge is 0.384 e. The molecule has 0 bridgehead atoms. The molecule has 0 aromatic rings. The van der Waals surface area contributed by atoms with E-state index in [0.29, 0.717) is 5.54 Å². The van der Waals surface area contributed by atoms with Gasteiger partial charge < -0.3 is 4.74 Å². The van der Waals surface area contributed by atoms with Crippen LogP contribution in [-0.4, -0.2) is 37.2 Å². The van der Waals surface area contributed by atoms with Gasteiger partial charge in [0.25, 0.3) is 0 Å². The van der Waals surface area contributed by atoms with E-state index in [4.69, 9.17) is 4.74 Å². The molecule has 1 aliphatic heterocycles. The third-order valence-corrected chi connectivity index (χ3v) is 4.17. The first-order valence-electron chi connectivity index (χ1n) is 6.05. The maximum atomic E-state index is 5.23. The molecule has 1 saturated heterocycles. The second-order valence-corrected chi connectivity index (χ2v) is 4.96. The molecule has 1 saturated carbocycles. The van der Waals surface area contributed by atoms with Crippen molar-refractivity contribution in [1.29, 1.82) is 0 Å². The van der Waals surface area contributed by atoms with Crippen LogP contribution < -0.4 is 0 Å². The summed E-state index contributed by atoms with van der Waals surface area (Å²) in [5, 5.41) is 0. The van der Waals surface area contributed by atoms with Crippen molar-refractivity contribution in [3.8, 4) is 0 Å². The lowest BCUT2D eigenvalue weighted by atomic mass is 9.95. The van der Waals surface area contributed by atoms with Crippen LogP contribution in [0.4, 0.5) is 0 Å². The van der Waals surface area contributed by atoms with Crippen LogP contribution in [0.25, 0.3) is 0 Å². The van der Waals surface area contributed by atoms with Crippen LogP contribution in [0.1, 0.15) is 39.0 Å². The quantitative estimate of drug-likeness (QED) is 0.685. The topological polar surface area (TPSA) is 12.5 Å². The minimum absolute atomic E-state index is 0.637. The Hall–Kier alpha value is -0.0800. The summed E-state index contributed by atoms with van der Waals surface area (Å²) in [6.07, 6.45) is 6.92.